The van der Waals surface area contributed by atoms with E-state index in [0.717, 1.165) is 68.2 Å². The van der Waals surface area contributed by atoms with Gasteiger partial charge in [0.25, 0.3) is 0 Å². The second-order valence-corrected chi connectivity index (χ2v) is 33.1. The Morgan fingerprint density at radius 2 is 1.33 bits per heavy atom. The van der Waals surface area contributed by atoms with Gasteiger partial charge in [-0.3, -0.25) is 9.59 Å². The lowest BCUT2D eigenvalue weighted by Gasteiger charge is -2.59. The van der Waals surface area contributed by atoms with Crippen LogP contribution < -0.4 is 5.32 Å². The molecule has 10 atom stereocenters. The first kappa shape index (κ1) is 57.1. The predicted octanol–water partition coefficient (Wildman–Crippen LogP) is 14.8. The van der Waals surface area contributed by atoms with Gasteiger partial charge in [0.1, 0.15) is 18.8 Å². The third-order valence-electron chi connectivity index (χ3n) is 17.4. The van der Waals surface area contributed by atoms with E-state index in [1.807, 2.05) is 0 Å². The van der Waals surface area contributed by atoms with Gasteiger partial charge in [-0.25, -0.2) is 4.79 Å². The van der Waals surface area contributed by atoms with Gasteiger partial charge in [-0.1, -0.05) is 144 Å². The zero-order valence-electron chi connectivity index (χ0n) is 44.7. The normalized spacial score (nSPS) is 28.3. The summed E-state index contributed by atoms with van der Waals surface area (Å²) in [5.41, 5.74) is 0.645. The Hall–Kier alpha value is -1.50. The zero-order valence-corrected chi connectivity index (χ0v) is 46.7. The molecule has 66 heavy (non-hydrogen) atoms. The molecule has 3 fully saturated rings. The minimum absolute atomic E-state index is 0.0260. The molecule has 1 N–H and O–H groups in total. The maximum absolute atomic E-state index is 14.0. The van der Waals surface area contributed by atoms with E-state index in [9.17, 15) is 14.4 Å². The van der Waals surface area contributed by atoms with Gasteiger partial charge in [0.05, 0.1) is 6.61 Å². The number of ether oxygens (including phenoxy) is 3. The van der Waals surface area contributed by atoms with Crippen LogP contribution >= 0.6 is 0 Å². The van der Waals surface area contributed by atoms with Gasteiger partial charge in [-0.05, 0) is 148 Å². The lowest BCUT2D eigenvalue weighted by molar-refractivity contribution is -0.159. The number of hydrogen-bond acceptors (Lipinski definition) is 7. The highest BCUT2D eigenvalue weighted by Gasteiger charge is 2.59. The molecule has 4 aliphatic rings. The molecule has 0 spiro atoms. The molecule has 1 amide bonds. The molecule has 4 aliphatic carbocycles. The van der Waals surface area contributed by atoms with Gasteiger partial charge in [0, 0.05) is 19.4 Å². The van der Waals surface area contributed by atoms with Crippen molar-refractivity contribution in [2.24, 2.45) is 52.3 Å². The minimum Gasteiger partial charge on any atom is -0.463 e. The third-order valence-corrected chi connectivity index (χ3v) is 24.8. The molecule has 0 aromatic rings. The van der Waals surface area contributed by atoms with Crippen LogP contribution in [0.5, 0.6) is 0 Å². The van der Waals surface area contributed by atoms with E-state index < -0.39 is 28.6 Å². The van der Waals surface area contributed by atoms with Crippen molar-refractivity contribution in [2.45, 2.75) is 253 Å². The molecule has 0 aromatic carbocycles. The molecule has 0 bridgehead atoms. The summed E-state index contributed by atoms with van der Waals surface area (Å²) in [5, 5.41) is 3.00. The molecule has 0 radical (unpaired) electrons. The van der Waals surface area contributed by atoms with E-state index in [1.54, 1.807) is 0 Å². The van der Waals surface area contributed by atoms with Crippen LogP contribution in [-0.4, -0.2) is 66.4 Å². The van der Waals surface area contributed by atoms with Crippen molar-refractivity contribution in [1.82, 2.24) is 5.32 Å². The number of carbonyl (C=O) groups is 3. The molecule has 0 saturated heterocycles. The monoisotopic (exact) mass is 958 g/mol. The number of fused-ring (bicyclic) bond motifs is 5. The van der Waals surface area contributed by atoms with Crippen molar-refractivity contribution in [3.8, 4) is 0 Å². The third kappa shape index (κ3) is 17.7. The van der Waals surface area contributed by atoms with Crippen LogP contribution in [0.1, 0.15) is 203 Å². The molecule has 10 unspecified atom stereocenters. The van der Waals surface area contributed by atoms with E-state index in [-0.39, 0.29) is 42.8 Å². The number of hydrogen-bond donors (Lipinski definition) is 1. The van der Waals surface area contributed by atoms with Gasteiger partial charge in [-0.15, -0.1) is 0 Å². The molecular formula is C56H103NO7Si2. The lowest BCUT2D eigenvalue weighted by Crippen LogP contribution is -2.53. The van der Waals surface area contributed by atoms with Crippen molar-refractivity contribution >= 4 is 34.5 Å². The topological polar surface area (TPSA) is 100 Å². The largest absolute Gasteiger partial charge is 0.463 e. The highest BCUT2D eigenvalue weighted by Crippen LogP contribution is 2.67. The maximum atomic E-state index is 14.0. The van der Waals surface area contributed by atoms with E-state index >= 15 is 0 Å². The smallest absolute Gasteiger partial charge is 0.328 e. The second kappa shape index (κ2) is 27.8. The summed E-state index contributed by atoms with van der Waals surface area (Å²) in [5.74, 6) is 3.95. The number of nitrogens with one attached hydrogen (secondary N) is 1. The minimum atomic E-state index is -1.85. The average Bonchev–Trinajstić information content (AvgIpc) is 3.62. The van der Waals surface area contributed by atoms with Gasteiger partial charge in [0.15, 0.2) is 16.6 Å². The summed E-state index contributed by atoms with van der Waals surface area (Å²) in [6.07, 6.45) is 30.6. The molecule has 0 heterocycles. The van der Waals surface area contributed by atoms with Gasteiger partial charge in [0.2, 0.25) is 5.91 Å². The fourth-order valence-electron chi connectivity index (χ4n) is 13.5. The fraction of sp³-hybridized carbons (Fsp3) is 0.911. The van der Waals surface area contributed by atoms with Crippen molar-refractivity contribution in [1.29, 1.82) is 0 Å². The summed E-state index contributed by atoms with van der Waals surface area (Å²) in [6, 6.07) is 1.22. The lowest BCUT2D eigenvalue weighted by atomic mass is 9.46. The Morgan fingerprint density at radius 3 is 2.03 bits per heavy atom. The Kier molecular flexibility index (Phi) is 24.0. The molecule has 3 saturated carbocycles. The van der Waals surface area contributed by atoms with Crippen molar-refractivity contribution < 1.29 is 32.7 Å². The molecular weight excluding hydrogens is 855 g/mol. The summed E-state index contributed by atoms with van der Waals surface area (Å²) < 4.78 is 24.5. The summed E-state index contributed by atoms with van der Waals surface area (Å²) in [6.45, 7) is 27.2. The van der Waals surface area contributed by atoms with E-state index in [4.69, 9.17) is 18.3 Å². The Morgan fingerprint density at radius 1 is 0.682 bits per heavy atom. The SMILES string of the molecule is CCCCCCCCCCCC(=O)NC(CCC(=O)OCCOCC[Si](C)(C)O[Si](C)(C)CCCC)C(=O)OC1CCC2(C)C(C=CC3C2CCC2(C)C(C(C)CCCC(C)C)CCC32)C1. The first-order valence-electron chi connectivity index (χ1n) is 28.0. The Bertz CT molecular complexity index is 1490. The van der Waals surface area contributed by atoms with Crippen LogP contribution in [-0.2, 0) is 32.7 Å². The van der Waals surface area contributed by atoms with Gasteiger partial charge >= 0.3 is 11.9 Å². The van der Waals surface area contributed by atoms with Crippen molar-refractivity contribution in [3.63, 3.8) is 0 Å². The number of carbonyl (C=O) groups excluding carboxylic acids is 3. The summed E-state index contributed by atoms with van der Waals surface area (Å²) in [4.78, 5) is 40.3. The van der Waals surface area contributed by atoms with Crippen molar-refractivity contribution in [2.75, 3.05) is 19.8 Å². The predicted molar refractivity (Wildman–Crippen MR) is 278 cm³/mol. The fourth-order valence-corrected chi connectivity index (χ4v) is 22.1. The maximum Gasteiger partial charge on any atom is 0.328 e. The van der Waals surface area contributed by atoms with E-state index in [2.05, 4.69) is 92.1 Å². The second-order valence-electron chi connectivity index (χ2n) is 24.2. The first-order valence-corrected chi connectivity index (χ1v) is 34.2. The molecule has 8 nitrogen and oxygen atoms in total. The molecule has 0 aliphatic heterocycles. The molecule has 4 rings (SSSR count). The van der Waals surface area contributed by atoms with Crippen molar-refractivity contribution in [3.05, 3.63) is 12.2 Å². The molecule has 0 aromatic heterocycles. The quantitative estimate of drug-likeness (QED) is 0.0310. The average molecular weight is 959 g/mol. The van der Waals surface area contributed by atoms with Crippen LogP contribution in [0.25, 0.3) is 0 Å². The van der Waals surface area contributed by atoms with Crippen LogP contribution in [0.15, 0.2) is 12.2 Å². The Balaban J connectivity index is 1.28. The van der Waals surface area contributed by atoms with Crippen LogP contribution in [0.3, 0.4) is 0 Å². The highest BCUT2D eigenvalue weighted by atomic mass is 28.4. The number of amides is 1. The van der Waals surface area contributed by atoms with Gasteiger partial charge in [-0.2, -0.15) is 0 Å². The van der Waals surface area contributed by atoms with E-state index in [1.165, 1.54) is 102 Å². The highest BCUT2D eigenvalue weighted by molar-refractivity contribution is 6.84. The molecule has 10 heteroatoms. The standard InChI is InChI=1S/C56H103NO7Si2/c1-12-14-16-17-18-19-20-21-22-26-52(58)57-51(31-32-53(59)62-38-37-61-39-41-66(10,11)64-65(8,9)40-15-13-2)54(60)63-46-33-35-55(6)45(42-46)27-28-47-49-30-29-48(44(5)25-23-24-43(3)4)56(49,7)36-34-50(47)55/h27-28,43-51H,12-26,29-42H2,1-11H3,(H,57,58). The van der Waals surface area contributed by atoms with Crippen LogP contribution in [0.4, 0.5) is 0 Å². The number of allylic oxidation sites excluding steroid dienone is 2. The zero-order chi connectivity index (χ0) is 48.4. The number of rotatable bonds is 32. The summed E-state index contributed by atoms with van der Waals surface area (Å²) >= 11 is 0. The summed E-state index contributed by atoms with van der Waals surface area (Å²) in [7, 11) is -3.52. The Labute approximate surface area is 408 Å². The number of unbranched alkanes of at least 4 members (excludes halogenated alkanes) is 9. The van der Waals surface area contributed by atoms with E-state index in [0.29, 0.717) is 42.8 Å². The van der Waals surface area contributed by atoms with Crippen LogP contribution in [0.2, 0.25) is 38.3 Å². The number of esters is 2. The van der Waals surface area contributed by atoms with Gasteiger partial charge < -0.3 is 23.6 Å². The molecule has 382 valence electrons. The van der Waals surface area contributed by atoms with Crippen LogP contribution in [0, 0.1) is 52.3 Å². The first-order chi connectivity index (χ1) is 31.3.